The minimum absolute atomic E-state index is 0.0536. The summed E-state index contributed by atoms with van der Waals surface area (Å²) in [6.45, 7) is 0.650. The average molecular weight is 390 g/mol. The van der Waals surface area contributed by atoms with E-state index in [0.29, 0.717) is 17.3 Å². The van der Waals surface area contributed by atoms with Crippen molar-refractivity contribution in [3.63, 3.8) is 0 Å². The van der Waals surface area contributed by atoms with Crippen LogP contribution in [-0.2, 0) is 6.42 Å². The molecule has 2 aromatic heterocycles. The Balaban J connectivity index is 1.57. The van der Waals surface area contributed by atoms with Crippen molar-refractivity contribution >= 4 is 28.3 Å². The molecule has 0 spiro atoms. The first kappa shape index (κ1) is 18.4. The maximum atomic E-state index is 13.4. The zero-order valence-corrected chi connectivity index (χ0v) is 16.0. The van der Waals surface area contributed by atoms with Crippen LogP contribution in [0.4, 0.5) is 0 Å². The zero-order valence-electron chi connectivity index (χ0n) is 15.2. The number of halogens is 1. The van der Waals surface area contributed by atoms with E-state index in [1.165, 1.54) is 0 Å². The topological polar surface area (TPSA) is 57.8 Å². The first-order chi connectivity index (χ1) is 13.7. The number of rotatable bonds is 7. The number of ketones is 1. The van der Waals surface area contributed by atoms with Crippen molar-refractivity contribution in [1.82, 2.24) is 15.3 Å². The molecule has 0 saturated carbocycles. The van der Waals surface area contributed by atoms with Gasteiger partial charge in [0.2, 0.25) is 0 Å². The summed E-state index contributed by atoms with van der Waals surface area (Å²) in [5, 5.41) is 4.85. The molecule has 28 heavy (non-hydrogen) atoms. The van der Waals surface area contributed by atoms with Gasteiger partial charge >= 0.3 is 0 Å². The van der Waals surface area contributed by atoms with Crippen molar-refractivity contribution in [2.45, 2.75) is 12.5 Å². The van der Waals surface area contributed by atoms with Crippen LogP contribution in [0.25, 0.3) is 10.9 Å². The van der Waals surface area contributed by atoms with Crippen LogP contribution in [0, 0.1) is 0 Å². The van der Waals surface area contributed by atoms with Crippen molar-refractivity contribution in [2.75, 3.05) is 6.54 Å². The van der Waals surface area contributed by atoms with Crippen LogP contribution < -0.4 is 5.32 Å². The van der Waals surface area contributed by atoms with E-state index in [-0.39, 0.29) is 5.78 Å². The maximum Gasteiger partial charge on any atom is 0.186 e. The molecule has 2 N–H and O–H groups in total. The second kappa shape index (κ2) is 8.38. The normalized spacial score (nSPS) is 12.2. The van der Waals surface area contributed by atoms with Crippen molar-refractivity contribution in [3.05, 3.63) is 101 Å². The molecule has 0 aliphatic rings. The van der Waals surface area contributed by atoms with Gasteiger partial charge in [0.25, 0.3) is 0 Å². The number of pyridine rings is 1. The van der Waals surface area contributed by atoms with Gasteiger partial charge in [-0.2, -0.15) is 0 Å². The number of aromatic amines is 1. The summed E-state index contributed by atoms with van der Waals surface area (Å²) in [4.78, 5) is 20.7. The lowest BCUT2D eigenvalue weighted by molar-refractivity contribution is 0.0945. The fraction of sp³-hybridized carbons (Fsp3) is 0.130. The Morgan fingerprint density at radius 1 is 1.04 bits per heavy atom. The highest BCUT2D eigenvalue weighted by Gasteiger charge is 2.23. The molecule has 0 fully saturated rings. The lowest BCUT2D eigenvalue weighted by atomic mass is 9.97. The van der Waals surface area contributed by atoms with Crippen molar-refractivity contribution in [2.24, 2.45) is 0 Å². The average Bonchev–Trinajstić information content (AvgIpc) is 3.17. The molecule has 0 radical (unpaired) electrons. The van der Waals surface area contributed by atoms with Gasteiger partial charge in [-0.25, -0.2) is 4.98 Å². The summed E-state index contributed by atoms with van der Waals surface area (Å²) in [7, 11) is 0. The van der Waals surface area contributed by atoms with E-state index >= 15 is 0 Å². The molecular formula is C23H20ClN3O. The number of Topliss-reactive ketones (excluding diaryl/α,β-unsaturated/α-hetero) is 1. The first-order valence-corrected chi connectivity index (χ1v) is 9.59. The molecule has 0 unspecified atom stereocenters. The first-order valence-electron chi connectivity index (χ1n) is 9.21. The van der Waals surface area contributed by atoms with Gasteiger partial charge in [-0.1, -0.05) is 66.2 Å². The van der Waals surface area contributed by atoms with Gasteiger partial charge in [-0.3, -0.25) is 4.79 Å². The zero-order chi connectivity index (χ0) is 19.3. The number of carbonyl (C=O) groups is 1. The van der Waals surface area contributed by atoms with E-state index in [4.69, 9.17) is 11.6 Å². The molecule has 0 saturated heterocycles. The number of para-hydroxylation sites is 1. The Bertz CT molecular complexity index is 1070. The third-order valence-electron chi connectivity index (χ3n) is 4.80. The highest BCUT2D eigenvalue weighted by Crippen LogP contribution is 2.24. The Kier molecular flexibility index (Phi) is 5.51. The van der Waals surface area contributed by atoms with Crippen LogP contribution in [0.15, 0.2) is 79.1 Å². The predicted octanol–water partition coefficient (Wildman–Crippen LogP) is 4.97. The largest absolute Gasteiger partial charge is 0.360 e. The van der Waals surface area contributed by atoms with Crippen LogP contribution in [0.5, 0.6) is 0 Å². The molecule has 5 heteroatoms. The Hall–Kier alpha value is -2.95. The number of nitrogens with one attached hydrogen (secondary N) is 2. The number of H-pyrrole nitrogens is 1. The van der Waals surface area contributed by atoms with Gasteiger partial charge in [0, 0.05) is 35.4 Å². The van der Waals surface area contributed by atoms with Crippen LogP contribution >= 0.6 is 11.6 Å². The number of aromatic nitrogens is 2. The van der Waals surface area contributed by atoms with Gasteiger partial charge in [-0.05, 0) is 29.7 Å². The van der Waals surface area contributed by atoms with Crippen molar-refractivity contribution in [1.29, 1.82) is 0 Å². The van der Waals surface area contributed by atoms with Crippen LogP contribution in [-0.4, -0.2) is 22.3 Å². The van der Waals surface area contributed by atoms with E-state index in [9.17, 15) is 4.79 Å². The summed E-state index contributed by atoms with van der Waals surface area (Å²) in [5.74, 6) is 0.0536. The van der Waals surface area contributed by atoms with Gasteiger partial charge in [0.1, 0.15) is 5.15 Å². The van der Waals surface area contributed by atoms with E-state index in [1.807, 2.05) is 60.7 Å². The summed E-state index contributed by atoms with van der Waals surface area (Å²) in [6, 6.07) is 21.0. The minimum Gasteiger partial charge on any atom is -0.360 e. The molecule has 4 aromatic rings. The van der Waals surface area contributed by atoms with Gasteiger partial charge in [0.15, 0.2) is 5.78 Å². The number of hydrogen-bond acceptors (Lipinski definition) is 3. The fourth-order valence-electron chi connectivity index (χ4n) is 3.35. The third-order valence-corrected chi connectivity index (χ3v) is 5.02. The number of hydrogen-bond donors (Lipinski definition) is 2. The molecular weight excluding hydrogens is 370 g/mol. The number of nitrogens with zero attached hydrogens (tertiary/aromatic N) is 1. The predicted molar refractivity (Wildman–Crippen MR) is 113 cm³/mol. The summed E-state index contributed by atoms with van der Waals surface area (Å²) in [5.41, 5.74) is 3.69. The molecule has 0 bridgehead atoms. The van der Waals surface area contributed by atoms with Gasteiger partial charge < -0.3 is 10.3 Å². The highest BCUT2D eigenvalue weighted by atomic mass is 35.5. The lowest BCUT2D eigenvalue weighted by Crippen LogP contribution is -2.30. The molecule has 0 aliphatic carbocycles. The smallest absolute Gasteiger partial charge is 0.186 e. The Morgan fingerprint density at radius 3 is 2.61 bits per heavy atom. The number of fused-ring (bicyclic) bond motifs is 1. The monoisotopic (exact) mass is 389 g/mol. The molecule has 0 aliphatic heterocycles. The summed E-state index contributed by atoms with van der Waals surface area (Å²) >= 11 is 5.85. The number of carbonyl (C=O) groups excluding carboxylic acids is 1. The second-order valence-electron chi connectivity index (χ2n) is 6.65. The molecule has 4 nitrogen and oxygen atoms in total. The minimum atomic E-state index is -0.416. The highest BCUT2D eigenvalue weighted by molar-refractivity contribution is 6.29. The van der Waals surface area contributed by atoms with Gasteiger partial charge in [0.05, 0.1) is 6.04 Å². The lowest BCUT2D eigenvalue weighted by Gasteiger charge is -2.18. The van der Waals surface area contributed by atoms with Gasteiger partial charge in [-0.15, -0.1) is 0 Å². The van der Waals surface area contributed by atoms with E-state index in [2.05, 4.69) is 15.3 Å². The van der Waals surface area contributed by atoms with E-state index < -0.39 is 6.04 Å². The molecule has 140 valence electrons. The van der Waals surface area contributed by atoms with Crippen LogP contribution in [0.1, 0.15) is 27.5 Å². The third kappa shape index (κ3) is 3.98. The molecule has 0 amide bonds. The Labute approximate surface area is 168 Å². The summed E-state index contributed by atoms with van der Waals surface area (Å²) < 4.78 is 0. The summed E-state index contributed by atoms with van der Waals surface area (Å²) in [6.07, 6.45) is 4.32. The van der Waals surface area contributed by atoms with Crippen molar-refractivity contribution < 1.29 is 4.79 Å². The SMILES string of the molecule is O=C(c1c[nH]c2ccccc12)[C@H](NCCc1ccc(Cl)nc1)c1ccccc1. The quantitative estimate of drug-likeness (QED) is 0.346. The van der Waals surface area contributed by atoms with E-state index in [0.717, 1.165) is 28.5 Å². The fourth-order valence-corrected chi connectivity index (χ4v) is 3.47. The molecule has 2 heterocycles. The second-order valence-corrected chi connectivity index (χ2v) is 7.04. The Morgan fingerprint density at radius 2 is 1.82 bits per heavy atom. The molecule has 2 aromatic carbocycles. The standard InChI is InChI=1S/C23H20ClN3O/c24-21-11-10-16(14-27-21)12-13-25-22(17-6-2-1-3-7-17)23(28)19-15-26-20-9-5-4-8-18(19)20/h1-11,14-15,22,25-26H,12-13H2/t22-/m1/s1. The maximum absolute atomic E-state index is 13.4. The van der Waals surface area contributed by atoms with Crippen molar-refractivity contribution in [3.8, 4) is 0 Å². The number of benzene rings is 2. The van der Waals surface area contributed by atoms with Crippen LogP contribution in [0.2, 0.25) is 5.15 Å². The van der Waals surface area contributed by atoms with Crippen LogP contribution in [0.3, 0.4) is 0 Å². The molecule has 1 atom stereocenters. The molecule has 4 rings (SSSR count). The van der Waals surface area contributed by atoms with E-state index in [1.54, 1.807) is 18.5 Å².